The number of nitrogens with zero attached hydrogens (tertiary/aromatic N) is 5. The first kappa shape index (κ1) is 39.9. The van der Waals surface area contributed by atoms with Crippen LogP contribution in [0.4, 0.5) is 5.82 Å². The molecular weight excluding hydrogens is 696 g/mol. The number of halogens is 1. The van der Waals surface area contributed by atoms with Crippen LogP contribution in [0.2, 0.25) is 5.02 Å². The third-order valence-corrected chi connectivity index (χ3v) is 9.30. The van der Waals surface area contributed by atoms with Crippen molar-refractivity contribution in [2.24, 2.45) is 5.92 Å². The minimum absolute atomic E-state index is 0.122. The van der Waals surface area contributed by atoms with Crippen LogP contribution in [0.15, 0.2) is 30.6 Å². The lowest BCUT2D eigenvalue weighted by atomic mass is 9.97. The highest BCUT2D eigenvalue weighted by Crippen LogP contribution is 2.44. The number of hydrogen-bond acceptors (Lipinski definition) is 11. The number of anilines is 1. The molecule has 1 fully saturated rings. The van der Waals surface area contributed by atoms with Crippen LogP contribution in [0, 0.1) is 5.92 Å². The normalized spacial score (nSPS) is 16.7. The van der Waals surface area contributed by atoms with Gasteiger partial charge in [-0.3, -0.25) is 24.2 Å². The summed E-state index contributed by atoms with van der Waals surface area (Å²) < 4.78 is 22.6. The van der Waals surface area contributed by atoms with Crippen molar-refractivity contribution in [3.05, 3.63) is 46.7 Å². The first-order valence-corrected chi connectivity index (χ1v) is 17.5. The molecule has 2 aliphatic heterocycles. The highest BCUT2D eigenvalue weighted by molar-refractivity contribution is 6.33. The zero-order chi connectivity index (χ0) is 37.6. The Morgan fingerprint density at radius 2 is 1.83 bits per heavy atom. The average molecular weight is 743 g/mol. The Labute approximate surface area is 308 Å². The number of aromatic nitrogens is 2. The van der Waals surface area contributed by atoms with Gasteiger partial charge in [-0.25, -0.2) is 4.98 Å². The van der Waals surface area contributed by atoms with E-state index in [2.05, 4.69) is 15.2 Å². The smallest absolute Gasteiger partial charge is 0.290 e. The Bertz CT molecular complexity index is 1710. The number of amides is 3. The topological polar surface area (TPSA) is 173 Å². The average Bonchev–Trinajstić information content (AvgIpc) is 3.15. The van der Waals surface area contributed by atoms with Crippen LogP contribution in [-0.2, 0) is 25.7 Å². The number of carbonyl (C=O) groups excluding carboxylic acids is 3. The van der Waals surface area contributed by atoms with E-state index in [0.717, 1.165) is 30.8 Å². The third-order valence-electron chi connectivity index (χ3n) is 9.00. The van der Waals surface area contributed by atoms with Crippen LogP contribution >= 0.6 is 11.6 Å². The van der Waals surface area contributed by atoms with Gasteiger partial charge in [0.05, 0.1) is 50.5 Å². The van der Waals surface area contributed by atoms with Crippen molar-refractivity contribution in [1.82, 2.24) is 25.1 Å². The number of carbonyl (C=O) groups is 4. The number of piperidine rings is 1. The van der Waals surface area contributed by atoms with Crippen LogP contribution < -0.4 is 24.4 Å². The van der Waals surface area contributed by atoms with E-state index in [9.17, 15) is 14.4 Å². The Kier molecular flexibility index (Phi) is 15.1. The minimum Gasteiger partial charge on any atom is -0.493 e. The fourth-order valence-corrected chi connectivity index (χ4v) is 6.66. The van der Waals surface area contributed by atoms with Crippen LogP contribution in [-0.4, -0.2) is 123 Å². The fourth-order valence-electron chi connectivity index (χ4n) is 6.46. The van der Waals surface area contributed by atoms with Gasteiger partial charge in [-0.1, -0.05) is 11.6 Å². The number of carboxylic acid groups (broad SMARTS) is 1. The maximum absolute atomic E-state index is 14.3. The van der Waals surface area contributed by atoms with Gasteiger partial charge in [0.2, 0.25) is 17.6 Å². The Morgan fingerprint density at radius 1 is 1.08 bits per heavy atom. The number of rotatable bonds is 8. The molecule has 3 aromatic rings. The summed E-state index contributed by atoms with van der Waals surface area (Å²) in [6.45, 7) is 5.07. The van der Waals surface area contributed by atoms with E-state index in [1.807, 2.05) is 19.1 Å². The number of nitrogens with one attached hydrogen (secondary N) is 1. The minimum atomic E-state index is -0.321. The van der Waals surface area contributed by atoms with Gasteiger partial charge in [-0.2, -0.15) is 0 Å². The van der Waals surface area contributed by atoms with E-state index >= 15 is 0 Å². The molecule has 3 amide bonds. The van der Waals surface area contributed by atoms with Gasteiger partial charge >= 0.3 is 0 Å². The van der Waals surface area contributed by atoms with Crippen molar-refractivity contribution in [1.29, 1.82) is 0 Å². The molecule has 16 heteroatoms. The summed E-state index contributed by atoms with van der Waals surface area (Å²) in [6.07, 6.45) is 5.14. The molecule has 52 heavy (non-hydrogen) atoms. The second-order valence-corrected chi connectivity index (χ2v) is 12.6. The molecule has 2 aliphatic rings. The Hall–Kier alpha value is -4.89. The van der Waals surface area contributed by atoms with Crippen molar-refractivity contribution in [2.45, 2.75) is 39.2 Å². The number of pyridine rings is 2. The van der Waals surface area contributed by atoms with Crippen LogP contribution in [0.5, 0.6) is 17.2 Å². The standard InChI is InChI=1S/C35H45ClN6O7.CH2O2/c1-5-49-16-10-31(44)40-13-9-30(43)38-19-23-7-6-12-41(21-23)34-24(22-42(15-14-40)35(45)25-8-11-37-20-27(25)36)17-26-28(39-34)18-29(46-2)33(48-4)32(26)47-3;2-1-3/h8,11,17-18,20,23H,5-7,9-10,12-16,19,21-22H2,1-4H3,(H,38,43);1H,(H,2,3). The molecule has 0 saturated carbocycles. The number of methoxy groups -OCH3 is 3. The van der Waals surface area contributed by atoms with E-state index in [1.165, 1.54) is 12.4 Å². The number of hydrogen-bond donors (Lipinski definition) is 2. The maximum atomic E-state index is 14.3. The molecular formula is C36H47ClN6O9. The molecule has 5 rings (SSSR count). The zero-order valence-corrected chi connectivity index (χ0v) is 30.8. The molecule has 2 N–H and O–H groups in total. The molecule has 4 heterocycles. The molecule has 1 aromatic carbocycles. The molecule has 15 nitrogen and oxygen atoms in total. The Balaban J connectivity index is 0.00000195. The van der Waals surface area contributed by atoms with Gasteiger partial charge in [-0.15, -0.1) is 0 Å². The summed E-state index contributed by atoms with van der Waals surface area (Å²) >= 11 is 6.49. The van der Waals surface area contributed by atoms with Crippen LogP contribution in [0.25, 0.3) is 10.9 Å². The van der Waals surface area contributed by atoms with Crippen LogP contribution in [0.3, 0.4) is 0 Å². The summed E-state index contributed by atoms with van der Waals surface area (Å²) in [5.41, 5.74) is 1.72. The predicted molar refractivity (Wildman–Crippen MR) is 194 cm³/mol. The lowest BCUT2D eigenvalue weighted by molar-refractivity contribution is -0.133. The fraction of sp³-hybridized carbons (Fsp3) is 0.500. The van der Waals surface area contributed by atoms with E-state index in [0.29, 0.717) is 53.4 Å². The molecule has 1 saturated heterocycles. The van der Waals surface area contributed by atoms with E-state index in [4.69, 9.17) is 45.4 Å². The monoisotopic (exact) mass is 742 g/mol. The van der Waals surface area contributed by atoms with E-state index in [1.54, 1.807) is 37.2 Å². The molecule has 0 aliphatic carbocycles. The van der Waals surface area contributed by atoms with Crippen molar-refractivity contribution < 1.29 is 43.2 Å². The lowest BCUT2D eigenvalue weighted by Crippen LogP contribution is -2.43. The molecule has 2 aromatic heterocycles. The molecule has 282 valence electrons. The summed E-state index contributed by atoms with van der Waals surface area (Å²) in [5.74, 6) is 1.68. The summed E-state index contributed by atoms with van der Waals surface area (Å²) in [5, 5.41) is 10.9. The number of fused-ring (bicyclic) bond motifs is 5. The largest absolute Gasteiger partial charge is 0.493 e. The molecule has 0 spiro atoms. The first-order chi connectivity index (χ1) is 25.2. The zero-order valence-electron chi connectivity index (χ0n) is 30.1. The summed E-state index contributed by atoms with van der Waals surface area (Å²) in [7, 11) is 4.68. The number of ether oxygens (including phenoxy) is 4. The highest BCUT2D eigenvalue weighted by atomic mass is 35.5. The van der Waals surface area contributed by atoms with Crippen molar-refractivity contribution >= 4 is 52.5 Å². The Morgan fingerprint density at radius 3 is 2.52 bits per heavy atom. The molecule has 0 radical (unpaired) electrons. The van der Waals surface area contributed by atoms with Crippen molar-refractivity contribution in [3.8, 4) is 17.2 Å². The SMILES string of the molecule is CCOCCC(=O)N1CCC(=O)NCC2CCCN(C2)c2nc3cc(OC)c(OC)c(OC)c3cc2CN(C(=O)c2ccncc2Cl)CC1.O=CO. The second kappa shape index (κ2) is 19.6. The maximum Gasteiger partial charge on any atom is 0.290 e. The lowest BCUT2D eigenvalue weighted by Gasteiger charge is -2.35. The summed E-state index contributed by atoms with van der Waals surface area (Å²) in [6, 6.07) is 5.39. The highest BCUT2D eigenvalue weighted by Gasteiger charge is 2.29. The molecule has 1 unspecified atom stereocenters. The van der Waals surface area contributed by atoms with Crippen LogP contribution in [0.1, 0.15) is 48.5 Å². The first-order valence-electron chi connectivity index (χ1n) is 17.2. The second-order valence-electron chi connectivity index (χ2n) is 12.2. The van der Waals surface area contributed by atoms with Crippen molar-refractivity contribution in [2.75, 3.05) is 78.7 Å². The van der Waals surface area contributed by atoms with Gasteiger partial charge in [0, 0.05) is 88.3 Å². The van der Waals surface area contributed by atoms with Gasteiger partial charge in [0.15, 0.2) is 11.5 Å². The number of benzene rings is 1. The molecule has 2 bridgehead atoms. The van der Waals surface area contributed by atoms with Gasteiger partial charge in [0.1, 0.15) is 5.82 Å². The van der Waals surface area contributed by atoms with Gasteiger partial charge < -0.3 is 44.1 Å². The third kappa shape index (κ3) is 9.91. The van der Waals surface area contributed by atoms with Gasteiger partial charge in [0.25, 0.3) is 12.4 Å². The predicted octanol–water partition coefficient (Wildman–Crippen LogP) is 3.64. The summed E-state index contributed by atoms with van der Waals surface area (Å²) in [4.78, 5) is 63.8. The quantitative estimate of drug-likeness (QED) is 0.254. The van der Waals surface area contributed by atoms with E-state index < -0.39 is 0 Å². The molecule has 1 atom stereocenters. The van der Waals surface area contributed by atoms with Gasteiger partial charge in [-0.05, 0) is 37.8 Å². The van der Waals surface area contributed by atoms with E-state index in [-0.39, 0.29) is 80.8 Å². The van der Waals surface area contributed by atoms with Crippen molar-refractivity contribution in [3.63, 3.8) is 0 Å².